The summed E-state index contributed by atoms with van der Waals surface area (Å²) in [6, 6.07) is 14.7. The zero-order valence-corrected chi connectivity index (χ0v) is 19.3. The lowest BCUT2D eigenvalue weighted by Gasteiger charge is -2.34. The highest BCUT2D eigenvalue weighted by Crippen LogP contribution is 2.24. The van der Waals surface area contributed by atoms with E-state index in [-0.39, 0.29) is 6.04 Å². The molecule has 1 aromatic heterocycles. The van der Waals surface area contributed by atoms with Gasteiger partial charge in [-0.15, -0.1) is 0 Å². The van der Waals surface area contributed by atoms with Crippen molar-refractivity contribution in [1.29, 1.82) is 0 Å². The topological polar surface area (TPSA) is 62.5 Å². The van der Waals surface area contributed by atoms with Crippen molar-refractivity contribution < 1.29 is 13.9 Å². The molecule has 1 aromatic carbocycles. The van der Waals surface area contributed by atoms with Gasteiger partial charge in [0, 0.05) is 45.7 Å². The third kappa shape index (κ3) is 6.12. The van der Waals surface area contributed by atoms with Crippen molar-refractivity contribution in [1.82, 2.24) is 15.1 Å². The molecule has 2 fully saturated rings. The molecule has 2 aliphatic heterocycles. The highest BCUT2D eigenvalue weighted by Gasteiger charge is 2.28. The van der Waals surface area contributed by atoms with Crippen LogP contribution in [0.25, 0.3) is 0 Å². The molecule has 1 N–H and O–H groups in total. The Morgan fingerprint density at radius 2 is 1.97 bits per heavy atom. The highest BCUT2D eigenvalue weighted by atomic mass is 16.5. The maximum Gasteiger partial charge on any atom is 0.193 e. The first kappa shape index (κ1) is 22.8. The van der Waals surface area contributed by atoms with Crippen LogP contribution < -0.4 is 5.32 Å². The zero-order chi connectivity index (χ0) is 22.2. The van der Waals surface area contributed by atoms with Crippen molar-refractivity contribution in [2.24, 2.45) is 10.9 Å². The molecule has 2 atom stereocenters. The van der Waals surface area contributed by atoms with E-state index in [0.29, 0.717) is 12.5 Å². The number of morpholine rings is 1. The van der Waals surface area contributed by atoms with Crippen molar-refractivity contribution in [2.45, 2.75) is 26.0 Å². The molecule has 4 rings (SSSR count). The number of furan rings is 1. The number of ether oxygens (including phenoxy) is 2. The molecule has 0 saturated carbocycles. The largest absolute Gasteiger partial charge is 0.465 e. The van der Waals surface area contributed by atoms with E-state index in [1.165, 1.54) is 5.56 Å². The van der Waals surface area contributed by atoms with Gasteiger partial charge < -0.3 is 24.1 Å². The van der Waals surface area contributed by atoms with Gasteiger partial charge in [-0.1, -0.05) is 30.3 Å². The Kier molecular flexibility index (Phi) is 8.20. The van der Waals surface area contributed by atoms with Gasteiger partial charge in [0.05, 0.1) is 32.5 Å². The normalized spacial score (nSPS) is 21.1. The van der Waals surface area contributed by atoms with E-state index in [1.54, 1.807) is 0 Å². The molecule has 0 aliphatic carbocycles. The molecule has 2 aromatic rings. The summed E-state index contributed by atoms with van der Waals surface area (Å²) in [6.07, 6.45) is 1.12. The molecular formula is C25H36N4O3. The lowest BCUT2D eigenvalue weighted by atomic mass is 10.1. The Labute approximate surface area is 191 Å². The molecule has 0 spiro atoms. The maximum atomic E-state index is 6.00. The Hall–Kier alpha value is -2.35. The quantitative estimate of drug-likeness (QED) is 0.503. The summed E-state index contributed by atoms with van der Waals surface area (Å²) < 4.78 is 17.5. The van der Waals surface area contributed by atoms with E-state index in [2.05, 4.69) is 50.4 Å². The predicted molar refractivity (Wildman–Crippen MR) is 126 cm³/mol. The summed E-state index contributed by atoms with van der Waals surface area (Å²) in [7, 11) is 1.86. The van der Waals surface area contributed by atoms with Gasteiger partial charge in [0.1, 0.15) is 11.5 Å². The van der Waals surface area contributed by atoms with Gasteiger partial charge in [-0.25, -0.2) is 0 Å². The number of rotatable bonds is 8. The van der Waals surface area contributed by atoms with Crippen LogP contribution in [0.5, 0.6) is 0 Å². The lowest BCUT2D eigenvalue weighted by molar-refractivity contribution is 0.0123. The van der Waals surface area contributed by atoms with Gasteiger partial charge in [0.15, 0.2) is 5.96 Å². The standard InChI is InChI=1S/C25H36N4O3/c1-20-8-9-24(32-20)23(28-12-14-30-15-13-28)16-27-25(26-2)29-11-10-22(17-29)19-31-18-21-6-4-3-5-7-21/h3-9,22-23H,10-19H2,1-2H3,(H,26,27). The fraction of sp³-hybridized carbons (Fsp3) is 0.560. The lowest BCUT2D eigenvalue weighted by Crippen LogP contribution is -2.47. The van der Waals surface area contributed by atoms with Gasteiger partial charge in [-0.3, -0.25) is 9.89 Å². The van der Waals surface area contributed by atoms with E-state index in [0.717, 1.165) is 76.4 Å². The molecule has 2 saturated heterocycles. The number of aliphatic imine (C=N–C) groups is 1. The van der Waals surface area contributed by atoms with Crippen molar-refractivity contribution in [3.05, 3.63) is 59.5 Å². The first-order chi connectivity index (χ1) is 15.7. The van der Waals surface area contributed by atoms with Crippen LogP contribution in [0.4, 0.5) is 0 Å². The summed E-state index contributed by atoms with van der Waals surface area (Å²) in [5.74, 6) is 3.43. The second-order valence-electron chi connectivity index (χ2n) is 8.64. The molecule has 174 valence electrons. The van der Waals surface area contributed by atoms with E-state index in [9.17, 15) is 0 Å². The molecule has 0 amide bonds. The minimum Gasteiger partial charge on any atom is -0.465 e. The van der Waals surface area contributed by atoms with Crippen molar-refractivity contribution in [3.63, 3.8) is 0 Å². The smallest absolute Gasteiger partial charge is 0.193 e. The Bertz CT molecular complexity index is 848. The van der Waals surface area contributed by atoms with Crippen LogP contribution in [0.15, 0.2) is 51.9 Å². The van der Waals surface area contributed by atoms with Crippen LogP contribution >= 0.6 is 0 Å². The number of likely N-dealkylation sites (tertiary alicyclic amines) is 1. The predicted octanol–water partition coefficient (Wildman–Crippen LogP) is 3.08. The molecule has 7 heteroatoms. The number of hydrogen-bond donors (Lipinski definition) is 1. The number of nitrogens with one attached hydrogen (secondary N) is 1. The number of hydrogen-bond acceptors (Lipinski definition) is 5. The van der Waals surface area contributed by atoms with Crippen molar-refractivity contribution in [3.8, 4) is 0 Å². The maximum absolute atomic E-state index is 6.00. The minimum absolute atomic E-state index is 0.164. The fourth-order valence-corrected chi connectivity index (χ4v) is 4.53. The van der Waals surface area contributed by atoms with E-state index in [1.807, 2.05) is 26.1 Å². The molecule has 2 aliphatic rings. The van der Waals surface area contributed by atoms with Crippen LogP contribution in [0.3, 0.4) is 0 Å². The minimum atomic E-state index is 0.164. The monoisotopic (exact) mass is 440 g/mol. The van der Waals surface area contributed by atoms with Gasteiger partial charge in [-0.05, 0) is 31.0 Å². The number of nitrogens with zero attached hydrogens (tertiary/aromatic N) is 3. The first-order valence-electron chi connectivity index (χ1n) is 11.7. The number of aryl methyl sites for hydroxylation is 1. The van der Waals surface area contributed by atoms with Crippen LogP contribution in [0, 0.1) is 12.8 Å². The Morgan fingerprint density at radius 1 is 1.16 bits per heavy atom. The first-order valence-corrected chi connectivity index (χ1v) is 11.7. The fourth-order valence-electron chi connectivity index (χ4n) is 4.53. The summed E-state index contributed by atoms with van der Waals surface area (Å²) >= 11 is 0. The number of guanidine groups is 1. The second kappa shape index (κ2) is 11.5. The second-order valence-corrected chi connectivity index (χ2v) is 8.64. The van der Waals surface area contributed by atoms with Crippen LogP contribution in [-0.2, 0) is 16.1 Å². The average molecular weight is 441 g/mol. The van der Waals surface area contributed by atoms with E-state index >= 15 is 0 Å². The summed E-state index contributed by atoms with van der Waals surface area (Å²) in [4.78, 5) is 9.35. The molecule has 2 unspecified atom stereocenters. The molecule has 32 heavy (non-hydrogen) atoms. The summed E-state index contributed by atoms with van der Waals surface area (Å²) in [5.41, 5.74) is 1.22. The summed E-state index contributed by atoms with van der Waals surface area (Å²) in [6.45, 7) is 9.53. The van der Waals surface area contributed by atoms with Crippen LogP contribution in [0.1, 0.15) is 29.5 Å². The van der Waals surface area contributed by atoms with Crippen molar-refractivity contribution in [2.75, 3.05) is 59.6 Å². The summed E-state index contributed by atoms with van der Waals surface area (Å²) in [5, 5.41) is 3.61. The molecule has 0 bridgehead atoms. The molecule has 3 heterocycles. The van der Waals surface area contributed by atoms with Gasteiger partial charge in [-0.2, -0.15) is 0 Å². The zero-order valence-electron chi connectivity index (χ0n) is 19.3. The third-order valence-electron chi connectivity index (χ3n) is 6.29. The average Bonchev–Trinajstić information content (AvgIpc) is 3.47. The molecular weight excluding hydrogens is 404 g/mol. The van der Waals surface area contributed by atoms with E-state index in [4.69, 9.17) is 13.9 Å². The van der Waals surface area contributed by atoms with Gasteiger partial charge >= 0.3 is 0 Å². The molecule has 7 nitrogen and oxygen atoms in total. The van der Waals surface area contributed by atoms with Crippen LogP contribution in [-0.4, -0.2) is 75.4 Å². The highest BCUT2D eigenvalue weighted by molar-refractivity contribution is 5.80. The molecule has 0 radical (unpaired) electrons. The van der Waals surface area contributed by atoms with Crippen molar-refractivity contribution >= 4 is 5.96 Å². The third-order valence-corrected chi connectivity index (χ3v) is 6.29. The number of benzene rings is 1. The van der Waals surface area contributed by atoms with E-state index < -0.39 is 0 Å². The Balaban J connectivity index is 1.28. The Morgan fingerprint density at radius 3 is 2.69 bits per heavy atom. The van der Waals surface area contributed by atoms with Gasteiger partial charge in [0.25, 0.3) is 0 Å². The van der Waals surface area contributed by atoms with Gasteiger partial charge in [0.2, 0.25) is 0 Å². The SMILES string of the molecule is CN=C(NCC(c1ccc(C)o1)N1CCOCC1)N1CCC(COCc2ccccc2)C1. The van der Waals surface area contributed by atoms with Crippen LogP contribution in [0.2, 0.25) is 0 Å².